The highest BCUT2D eigenvalue weighted by atomic mass is 31.2. The molecule has 71 heavy (non-hydrogen) atoms. The van der Waals surface area contributed by atoms with Gasteiger partial charge in [-0.05, 0) is 77.0 Å². The number of aliphatic hydroxyl groups is 1. The first-order valence-corrected chi connectivity index (χ1v) is 31.3. The van der Waals surface area contributed by atoms with E-state index in [0.29, 0.717) is 17.4 Å². The Morgan fingerprint density at radius 1 is 0.507 bits per heavy atom. The molecule has 1 amide bonds. The summed E-state index contributed by atoms with van der Waals surface area (Å²) in [5.74, 6) is -0.212. The van der Waals surface area contributed by atoms with Gasteiger partial charge in [-0.25, -0.2) is 0 Å². The van der Waals surface area contributed by atoms with Crippen LogP contribution in [0.4, 0.5) is 0 Å². The number of carbonyl (C=O) groups excluding carboxylic acids is 1. The third-order valence-corrected chi connectivity index (χ3v) is 14.1. The van der Waals surface area contributed by atoms with E-state index in [0.717, 1.165) is 64.2 Å². The summed E-state index contributed by atoms with van der Waals surface area (Å²) < 4.78 is 23.2. The van der Waals surface area contributed by atoms with Gasteiger partial charge in [0, 0.05) is 6.42 Å². The van der Waals surface area contributed by atoms with E-state index >= 15 is 0 Å². The number of phosphoric ester groups is 1. The van der Waals surface area contributed by atoms with E-state index in [2.05, 4.69) is 79.9 Å². The first kappa shape index (κ1) is 68.9. The van der Waals surface area contributed by atoms with E-state index < -0.39 is 26.6 Å². The minimum absolute atomic E-state index is 0.0100. The summed E-state index contributed by atoms with van der Waals surface area (Å²) in [7, 11) is 1.23. The van der Waals surface area contributed by atoms with Crippen molar-refractivity contribution in [2.45, 2.75) is 276 Å². The van der Waals surface area contributed by atoms with Crippen LogP contribution in [0.1, 0.15) is 264 Å². The summed E-state index contributed by atoms with van der Waals surface area (Å²) in [5, 5.41) is 13.8. The average molecular weight is 1020 g/mol. The van der Waals surface area contributed by atoms with Gasteiger partial charge in [0.2, 0.25) is 5.91 Å². The standard InChI is InChI=1S/C62H115N2O6P/c1-6-8-10-12-14-16-18-19-20-21-22-23-24-25-26-27-28-29-30-31-32-33-34-35-36-37-38-39-40-41-42-43-44-45-46-48-50-52-54-56-62(66)63-60(59-70-71(67,68)69-58-57-64(3,4)5)61(65)55-53-51-49-47-17-15-13-11-9-7-2/h9,11,17-19,21-22,24-25,47,53,55,60-61,65H,6-8,10,12-16,20,23,26-46,48-52,54,56-59H2,1-5H3,(H-,63,66,67,68)/b11-9+,19-18-,22-21-,25-24-,47-17+,55-53+. The van der Waals surface area contributed by atoms with Crippen LogP contribution < -0.4 is 10.2 Å². The quantitative estimate of drug-likeness (QED) is 0.0272. The number of allylic oxidation sites excluding steroid dienone is 11. The molecule has 0 aliphatic carbocycles. The number of likely N-dealkylation sites (N-methyl/N-ethyl adjacent to an activating group) is 1. The van der Waals surface area contributed by atoms with Crippen LogP contribution >= 0.6 is 7.82 Å². The fourth-order valence-corrected chi connectivity index (χ4v) is 9.22. The Labute approximate surface area is 440 Å². The normalized spacial score (nSPS) is 14.4. The van der Waals surface area contributed by atoms with E-state index in [1.165, 1.54) is 180 Å². The zero-order valence-electron chi connectivity index (χ0n) is 47.2. The minimum Gasteiger partial charge on any atom is -0.756 e. The fourth-order valence-electron chi connectivity index (χ4n) is 8.50. The molecule has 0 radical (unpaired) electrons. The Kier molecular flexibility index (Phi) is 51.3. The SMILES string of the molecule is CC/C=C/CC/C=C/CC/C=C/C(O)C(COP(=O)([O-])OCC[N+](C)(C)C)NC(=O)CCCCCCCCCCCCCCCCCCCCCCCCCC/C=C\C/C=C\C/C=C\CCCCCCC. The maximum Gasteiger partial charge on any atom is 0.268 e. The van der Waals surface area contributed by atoms with Crippen LogP contribution in [-0.4, -0.2) is 68.5 Å². The number of phosphoric acid groups is 1. The largest absolute Gasteiger partial charge is 0.756 e. The van der Waals surface area contributed by atoms with Crippen LogP contribution in [0, 0.1) is 0 Å². The van der Waals surface area contributed by atoms with Crippen LogP contribution in [-0.2, 0) is 18.4 Å². The Hall–Kier alpha value is -2.06. The van der Waals surface area contributed by atoms with Crippen molar-refractivity contribution in [1.29, 1.82) is 0 Å². The molecule has 414 valence electrons. The number of hydrogen-bond donors (Lipinski definition) is 2. The molecule has 3 atom stereocenters. The van der Waals surface area contributed by atoms with Crippen molar-refractivity contribution in [2.75, 3.05) is 40.9 Å². The molecule has 8 nitrogen and oxygen atoms in total. The van der Waals surface area contributed by atoms with E-state index in [1.54, 1.807) is 6.08 Å². The van der Waals surface area contributed by atoms with E-state index in [9.17, 15) is 19.4 Å². The van der Waals surface area contributed by atoms with E-state index in [1.807, 2.05) is 27.2 Å². The van der Waals surface area contributed by atoms with Gasteiger partial charge in [-0.1, -0.05) is 254 Å². The number of rotatable bonds is 54. The monoisotopic (exact) mass is 1010 g/mol. The number of unbranched alkanes of at least 4 members (excludes halogenated alkanes) is 31. The number of amides is 1. The van der Waals surface area contributed by atoms with Gasteiger partial charge >= 0.3 is 0 Å². The lowest BCUT2D eigenvalue weighted by atomic mass is 10.0. The van der Waals surface area contributed by atoms with Crippen LogP contribution in [0.5, 0.6) is 0 Å². The summed E-state index contributed by atoms with van der Waals surface area (Å²) in [6.07, 6.45) is 73.2. The number of nitrogens with one attached hydrogen (secondary N) is 1. The number of nitrogens with zero attached hydrogens (tertiary/aromatic N) is 1. The lowest BCUT2D eigenvalue weighted by Crippen LogP contribution is -2.45. The second-order valence-electron chi connectivity index (χ2n) is 21.3. The highest BCUT2D eigenvalue weighted by Gasteiger charge is 2.23. The first-order chi connectivity index (χ1) is 34.5. The highest BCUT2D eigenvalue weighted by molar-refractivity contribution is 7.45. The second kappa shape index (κ2) is 52.8. The molecular weight excluding hydrogens is 900 g/mol. The van der Waals surface area contributed by atoms with Crippen LogP contribution in [0.3, 0.4) is 0 Å². The summed E-state index contributed by atoms with van der Waals surface area (Å²) in [4.78, 5) is 25.4. The van der Waals surface area contributed by atoms with Crippen molar-refractivity contribution in [3.8, 4) is 0 Å². The topological polar surface area (TPSA) is 108 Å². The zero-order chi connectivity index (χ0) is 52.0. The van der Waals surface area contributed by atoms with Gasteiger partial charge in [0.25, 0.3) is 7.82 Å². The lowest BCUT2D eigenvalue weighted by Gasteiger charge is -2.29. The van der Waals surface area contributed by atoms with Crippen LogP contribution in [0.2, 0.25) is 0 Å². The summed E-state index contributed by atoms with van der Waals surface area (Å²) >= 11 is 0. The molecule has 0 saturated carbocycles. The van der Waals surface area contributed by atoms with Crippen molar-refractivity contribution in [1.82, 2.24) is 5.32 Å². The summed E-state index contributed by atoms with van der Waals surface area (Å²) in [5.41, 5.74) is 0. The molecule has 0 bridgehead atoms. The molecule has 0 aromatic rings. The third kappa shape index (κ3) is 55.5. The van der Waals surface area contributed by atoms with Crippen molar-refractivity contribution in [3.63, 3.8) is 0 Å². The van der Waals surface area contributed by atoms with Gasteiger partial charge < -0.3 is 28.8 Å². The molecule has 0 saturated heterocycles. The minimum atomic E-state index is -4.60. The zero-order valence-corrected chi connectivity index (χ0v) is 48.1. The molecule has 9 heteroatoms. The van der Waals surface area contributed by atoms with Gasteiger partial charge in [0.15, 0.2) is 0 Å². The molecule has 0 fully saturated rings. The average Bonchev–Trinajstić information content (AvgIpc) is 3.33. The molecule has 0 aromatic heterocycles. The molecule has 0 rings (SSSR count). The Morgan fingerprint density at radius 2 is 0.873 bits per heavy atom. The Morgan fingerprint density at radius 3 is 1.30 bits per heavy atom. The predicted octanol–water partition coefficient (Wildman–Crippen LogP) is 17.6. The second-order valence-corrected chi connectivity index (χ2v) is 22.7. The fraction of sp³-hybridized carbons (Fsp3) is 0.790. The maximum absolute atomic E-state index is 12.9. The van der Waals surface area contributed by atoms with Crippen LogP contribution in [0.25, 0.3) is 0 Å². The van der Waals surface area contributed by atoms with E-state index in [4.69, 9.17) is 9.05 Å². The molecular formula is C62H115N2O6P. The predicted molar refractivity (Wildman–Crippen MR) is 307 cm³/mol. The maximum atomic E-state index is 12.9. The third-order valence-electron chi connectivity index (χ3n) is 13.1. The van der Waals surface area contributed by atoms with Gasteiger partial charge in [-0.2, -0.15) is 0 Å². The van der Waals surface area contributed by atoms with Crippen molar-refractivity contribution < 1.29 is 32.9 Å². The summed E-state index contributed by atoms with van der Waals surface area (Å²) in [6, 6.07) is -0.909. The molecule has 0 aliphatic rings. The van der Waals surface area contributed by atoms with Gasteiger partial charge in [-0.3, -0.25) is 9.36 Å². The van der Waals surface area contributed by atoms with Gasteiger partial charge in [0.1, 0.15) is 13.2 Å². The molecule has 0 aromatic carbocycles. The molecule has 0 heterocycles. The first-order valence-electron chi connectivity index (χ1n) is 29.8. The summed E-state index contributed by atoms with van der Waals surface area (Å²) in [6.45, 7) is 4.49. The lowest BCUT2D eigenvalue weighted by molar-refractivity contribution is -0.870. The number of hydrogen-bond acceptors (Lipinski definition) is 6. The number of aliphatic hydroxyl groups excluding tert-OH is 1. The number of carbonyl (C=O) groups is 1. The van der Waals surface area contributed by atoms with Crippen LogP contribution in [0.15, 0.2) is 72.9 Å². The smallest absolute Gasteiger partial charge is 0.268 e. The van der Waals surface area contributed by atoms with Crippen molar-refractivity contribution in [3.05, 3.63) is 72.9 Å². The molecule has 0 spiro atoms. The Bertz CT molecular complexity index is 1380. The van der Waals surface area contributed by atoms with Crippen molar-refractivity contribution in [2.24, 2.45) is 0 Å². The Balaban J connectivity index is 3.85. The van der Waals surface area contributed by atoms with Crippen molar-refractivity contribution >= 4 is 13.7 Å². The highest BCUT2D eigenvalue weighted by Crippen LogP contribution is 2.38. The molecule has 3 unspecified atom stereocenters. The number of quaternary nitrogens is 1. The molecule has 0 aliphatic heterocycles. The van der Waals surface area contributed by atoms with Gasteiger partial charge in [-0.15, -0.1) is 0 Å². The molecule has 2 N–H and O–H groups in total. The van der Waals surface area contributed by atoms with E-state index in [-0.39, 0.29) is 12.5 Å². The van der Waals surface area contributed by atoms with Gasteiger partial charge in [0.05, 0.1) is 39.9 Å².